The molecule has 0 heterocycles. The molecule has 126 valence electrons. The highest BCUT2D eigenvalue weighted by Crippen LogP contribution is 2.44. The van der Waals surface area contributed by atoms with Gasteiger partial charge in [-0.05, 0) is 56.2 Å². The van der Waals surface area contributed by atoms with Crippen molar-refractivity contribution in [2.24, 2.45) is 11.8 Å². The number of carbonyl (C=O) groups excluding carboxylic acids is 1. The summed E-state index contributed by atoms with van der Waals surface area (Å²) in [7, 11) is 3.24. The van der Waals surface area contributed by atoms with E-state index in [-0.39, 0.29) is 11.2 Å². The van der Waals surface area contributed by atoms with Crippen molar-refractivity contribution in [2.75, 3.05) is 14.2 Å². The number of thioether (sulfide) groups is 1. The van der Waals surface area contributed by atoms with Crippen LogP contribution in [-0.4, -0.2) is 31.4 Å². The summed E-state index contributed by atoms with van der Waals surface area (Å²) in [5.74, 6) is 3.10. The van der Waals surface area contributed by atoms with E-state index in [1.807, 2.05) is 25.1 Å². The van der Waals surface area contributed by atoms with E-state index in [0.717, 1.165) is 10.8 Å². The van der Waals surface area contributed by atoms with Gasteiger partial charge >= 0.3 is 0 Å². The maximum atomic E-state index is 12.5. The molecule has 0 aliphatic heterocycles. The number of hydrogen-bond acceptors (Lipinski definition) is 4. The molecule has 2 fully saturated rings. The van der Waals surface area contributed by atoms with E-state index in [9.17, 15) is 4.79 Å². The van der Waals surface area contributed by atoms with Crippen LogP contribution >= 0.6 is 11.8 Å². The van der Waals surface area contributed by atoms with E-state index in [1.54, 1.807) is 26.0 Å². The van der Waals surface area contributed by atoms with Crippen LogP contribution in [0.5, 0.6) is 11.5 Å². The van der Waals surface area contributed by atoms with Gasteiger partial charge in [-0.1, -0.05) is 6.42 Å². The molecule has 2 saturated carbocycles. The third-order valence-electron chi connectivity index (χ3n) is 5.10. The molecule has 4 nitrogen and oxygen atoms in total. The minimum Gasteiger partial charge on any atom is -0.493 e. The fourth-order valence-electron chi connectivity index (χ4n) is 3.87. The summed E-state index contributed by atoms with van der Waals surface area (Å²) >= 11 is 1.56. The molecule has 1 N–H and O–H groups in total. The molecule has 3 rings (SSSR count). The third-order valence-corrected chi connectivity index (χ3v) is 6.20. The van der Waals surface area contributed by atoms with Gasteiger partial charge in [-0.3, -0.25) is 4.79 Å². The largest absolute Gasteiger partial charge is 0.493 e. The quantitative estimate of drug-likeness (QED) is 0.809. The first-order chi connectivity index (χ1) is 11.1. The zero-order chi connectivity index (χ0) is 16.4. The maximum absolute atomic E-state index is 12.5. The highest BCUT2D eigenvalue weighted by Gasteiger charge is 2.40. The molecule has 23 heavy (non-hydrogen) atoms. The van der Waals surface area contributed by atoms with Crippen LogP contribution in [0.15, 0.2) is 23.1 Å². The fraction of sp³-hybridized carbons (Fsp3) is 0.611. The smallest absolute Gasteiger partial charge is 0.233 e. The Balaban J connectivity index is 1.58. The standard InChI is InChI=1S/C18H25NO3S/c1-11(18(20)19-15-9-12-4-5-13(15)8-12)23-14-6-7-16(21-2)17(10-14)22-3/h6-7,10-13,15H,4-5,8-9H2,1-3H3,(H,19,20)/t11-,12+,13+,15+/m0/s1. The van der Waals surface area contributed by atoms with Crippen molar-refractivity contribution in [1.29, 1.82) is 0 Å². The first kappa shape index (κ1) is 16.5. The Kier molecular flexibility index (Phi) is 5.05. The van der Waals surface area contributed by atoms with Gasteiger partial charge < -0.3 is 14.8 Å². The second kappa shape index (κ2) is 7.04. The van der Waals surface area contributed by atoms with Crippen LogP contribution in [0.1, 0.15) is 32.6 Å². The van der Waals surface area contributed by atoms with E-state index in [1.165, 1.54) is 25.7 Å². The van der Waals surface area contributed by atoms with E-state index in [2.05, 4.69) is 5.32 Å². The maximum Gasteiger partial charge on any atom is 0.233 e. The minimum absolute atomic E-state index is 0.118. The van der Waals surface area contributed by atoms with Crippen LogP contribution in [-0.2, 0) is 4.79 Å². The molecular weight excluding hydrogens is 310 g/mol. The summed E-state index contributed by atoms with van der Waals surface area (Å²) in [6, 6.07) is 6.16. The lowest BCUT2D eigenvalue weighted by molar-refractivity contribution is -0.121. The number of carbonyl (C=O) groups is 1. The average molecular weight is 335 g/mol. The first-order valence-corrected chi connectivity index (χ1v) is 9.17. The summed E-state index contributed by atoms with van der Waals surface area (Å²) in [5, 5.41) is 3.15. The van der Waals surface area contributed by atoms with Crippen molar-refractivity contribution in [2.45, 2.75) is 48.8 Å². The summed E-state index contributed by atoms with van der Waals surface area (Å²) < 4.78 is 10.6. The molecule has 4 atom stereocenters. The monoisotopic (exact) mass is 335 g/mol. The first-order valence-electron chi connectivity index (χ1n) is 8.29. The molecular formula is C18H25NO3S. The molecule has 0 aromatic heterocycles. The lowest BCUT2D eigenvalue weighted by atomic mass is 9.95. The van der Waals surface area contributed by atoms with Gasteiger partial charge in [0.15, 0.2) is 11.5 Å². The molecule has 5 heteroatoms. The van der Waals surface area contributed by atoms with Gasteiger partial charge in [-0.25, -0.2) is 0 Å². The van der Waals surface area contributed by atoms with Gasteiger partial charge in [0.25, 0.3) is 0 Å². The van der Waals surface area contributed by atoms with E-state index in [4.69, 9.17) is 9.47 Å². The Hall–Kier alpha value is -1.36. The molecule has 2 aliphatic rings. The fourth-order valence-corrected chi connectivity index (χ4v) is 4.77. The van der Waals surface area contributed by atoms with Crippen molar-refractivity contribution in [1.82, 2.24) is 5.32 Å². The Morgan fingerprint density at radius 3 is 2.61 bits per heavy atom. The van der Waals surface area contributed by atoms with Crippen molar-refractivity contribution >= 4 is 17.7 Å². The molecule has 1 aromatic rings. The normalized spacial score (nSPS) is 26.8. The number of rotatable bonds is 6. The Bertz CT molecular complexity index is 577. The highest BCUT2D eigenvalue weighted by atomic mass is 32.2. The number of methoxy groups -OCH3 is 2. The second-order valence-corrected chi connectivity index (χ2v) is 7.98. The molecule has 0 radical (unpaired) electrons. The Morgan fingerprint density at radius 2 is 2.00 bits per heavy atom. The minimum atomic E-state index is -0.118. The zero-order valence-electron chi connectivity index (χ0n) is 14.0. The number of fused-ring (bicyclic) bond motifs is 2. The van der Waals surface area contributed by atoms with Crippen molar-refractivity contribution in [3.8, 4) is 11.5 Å². The number of nitrogens with one attached hydrogen (secondary N) is 1. The van der Waals surface area contributed by atoms with Gasteiger partial charge in [0.1, 0.15) is 0 Å². The van der Waals surface area contributed by atoms with Gasteiger partial charge in [0, 0.05) is 10.9 Å². The topological polar surface area (TPSA) is 47.6 Å². The van der Waals surface area contributed by atoms with E-state index < -0.39 is 0 Å². The SMILES string of the molecule is COc1ccc(S[C@@H](C)C(=O)N[C@@H]2C[C@@H]3CC[C@@H]2C3)cc1OC. The van der Waals surface area contributed by atoms with Crippen LogP contribution in [0.4, 0.5) is 0 Å². The lowest BCUT2D eigenvalue weighted by Gasteiger charge is -2.24. The summed E-state index contributed by atoms with van der Waals surface area (Å²) in [6.45, 7) is 1.96. The molecule has 0 saturated heterocycles. The summed E-state index contributed by atoms with van der Waals surface area (Å²) in [4.78, 5) is 13.5. The molecule has 0 spiro atoms. The Morgan fingerprint density at radius 1 is 1.22 bits per heavy atom. The molecule has 2 aliphatic carbocycles. The molecule has 1 aromatic carbocycles. The second-order valence-electron chi connectivity index (χ2n) is 6.57. The van der Waals surface area contributed by atoms with Crippen molar-refractivity contribution < 1.29 is 14.3 Å². The average Bonchev–Trinajstić information content (AvgIpc) is 3.17. The number of ether oxygens (including phenoxy) is 2. The van der Waals surface area contributed by atoms with Crippen LogP contribution < -0.4 is 14.8 Å². The van der Waals surface area contributed by atoms with Crippen LogP contribution in [0.3, 0.4) is 0 Å². The third kappa shape index (κ3) is 3.60. The van der Waals surface area contributed by atoms with Crippen molar-refractivity contribution in [3.63, 3.8) is 0 Å². The van der Waals surface area contributed by atoms with Gasteiger partial charge in [0.2, 0.25) is 5.91 Å². The number of benzene rings is 1. The zero-order valence-corrected chi connectivity index (χ0v) is 14.8. The van der Waals surface area contributed by atoms with Gasteiger partial charge in [0.05, 0.1) is 19.5 Å². The van der Waals surface area contributed by atoms with Crippen molar-refractivity contribution in [3.05, 3.63) is 18.2 Å². The predicted molar refractivity (Wildman–Crippen MR) is 92.2 cm³/mol. The Labute approximate surface area is 142 Å². The highest BCUT2D eigenvalue weighted by molar-refractivity contribution is 8.00. The van der Waals surface area contributed by atoms with E-state index in [0.29, 0.717) is 23.5 Å². The van der Waals surface area contributed by atoms with Crippen LogP contribution in [0, 0.1) is 11.8 Å². The van der Waals surface area contributed by atoms with Gasteiger partial charge in [-0.15, -0.1) is 11.8 Å². The van der Waals surface area contributed by atoms with Gasteiger partial charge in [-0.2, -0.15) is 0 Å². The van der Waals surface area contributed by atoms with E-state index >= 15 is 0 Å². The van der Waals surface area contributed by atoms with Crippen LogP contribution in [0.25, 0.3) is 0 Å². The van der Waals surface area contributed by atoms with Crippen LogP contribution in [0.2, 0.25) is 0 Å². The number of amides is 1. The lowest BCUT2D eigenvalue weighted by Crippen LogP contribution is -2.42. The molecule has 0 unspecified atom stereocenters. The molecule has 1 amide bonds. The summed E-state index contributed by atoms with van der Waals surface area (Å²) in [5.41, 5.74) is 0. The summed E-state index contributed by atoms with van der Waals surface area (Å²) in [6.07, 6.45) is 5.12. The molecule has 2 bridgehead atoms. The predicted octanol–water partition coefficient (Wildman–Crippen LogP) is 3.49. The number of hydrogen-bond donors (Lipinski definition) is 1.